The first-order valence-corrected chi connectivity index (χ1v) is 13.1. The van der Waals surface area contributed by atoms with Crippen LogP contribution in [0.1, 0.15) is 55.6 Å². The number of aliphatic hydroxyl groups excluding tert-OH is 1. The van der Waals surface area contributed by atoms with E-state index in [1.54, 1.807) is 17.6 Å². The van der Waals surface area contributed by atoms with Crippen LogP contribution < -0.4 is 10.8 Å². The normalized spacial score (nSPS) is 23.8. The van der Waals surface area contributed by atoms with Crippen molar-refractivity contribution in [3.05, 3.63) is 72.1 Å². The number of hydrogen-bond donors (Lipinski definition) is 5. The molecule has 0 bridgehead atoms. The van der Waals surface area contributed by atoms with Crippen molar-refractivity contribution >= 4 is 22.8 Å². The quantitative estimate of drug-likeness (QED) is 0.215. The SMILES string of the molecule is CC1CC(C)CC(O)([C@H](C[C@H](O)[C@H](Cc2ccccc2)NC(=O)c2cnc3ccccc3n2)C(=O)NO)C1. The van der Waals surface area contributed by atoms with Crippen LogP contribution in [0.4, 0.5) is 0 Å². The van der Waals surface area contributed by atoms with Gasteiger partial charge in [-0.1, -0.05) is 56.3 Å². The summed E-state index contributed by atoms with van der Waals surface area (Å²) in [5.74, 6) is -1.96. The molecule has 0 spiro atoms. The van der Waals surface area contributed by atoms with Crippen LogP contribution in [0.2, 0.25) is 0 Å². The van der Waals surface area contributed by atoms with Crippen LogP contribution in [0.5, 0.6) is 0 Å². The van der Waals surface area contributed by atoms with Gasteiger partial charge in [0.2, 0.25) is 5.91 Å². The summed E-state index contributed by atoms with van der Waals surface area (Å²) in [5, 5.41) is 35.3. The second-order valence-electron chi connectivity index (χ2n) is 10.8. The number of nitrogens with one attached hydrogen (secondary N) is 2. The Morgan fingerprint density at radius 3 is 2.32 bits per heavy atom. The molecule has 9 heteroatoms. The summed E-state index contributed by atoms with van der Waals surface area (Å²) in [6.07, 6.45) is 2.01. The maximum absolute atomic E-state index is 13.2. The number of benzene rings is 2. The molecule has 9 nitrogen and oxygen atoms in total. The maximum Gasteiger partial charge on any atom is 0.271 e. The number of amides is 2. The van der Waals surface area contributed by atoms with Crippen molar-refractivity contribution in [3.8, 4) is 0 Å². The predicted octanol–water partition coefficient (Wildman–Crippen LogP) is 3.03. The lowest BCUT2D eigenvalue weighted by atomic mass is 9.66. The molecule has 2 aromatic carbocycles. The van der Waals surface area contributed by atoms with Gasteiger partial charge in [0.25, 0.3) is 5.91 Å². The minimum Gasteiger partial charge on any atom is -0.391 e. The molecule has 202 valence electrons. The van der Waals surface area contributed by atoms with Gasteiger partial charge in [0.1, 0.15) is 5.69 Å². The molecular formula is C29H36N4O5. The minimum atomic E-state index is -1.39. The lowest BCUT2D eigenvalue weighted by Crippen LogP contribution is -2.54. The molecule has 4 rings (SSSR count). The van der Waals surface area contributed by atoms with Gasteiger partial charge < -0.3 is 15.5 Å². The van der Waals surface area contributed by atoms with E-state index in [4.69, 9.17) is 0 Å². The molecule has 0 radical (unpaired) electrons. The summed E-state index contributed by atoms with van der Waals surface area (Å²) in [6.45, 7) is 4.04. The summed E-state index contributed by atoms with van der Waals surface area (Å²) >= 11 is 0. The molecular weight excluding hydrogens is 484 g/mol. The van der Waals surface area contributed by atoms with Crippen LogP contribution >= 0.6 is 0 Å². The van der Waals surface area contributed by atoms with Crippen LogP contribution in [-0.2, 0) is 11.2 Å². The fourth-order valence-electron chi connectivity index (χ4n) is 5.94. The van der Waals surface area contributed by atoms with E-state index in [2.05, 4.69) is 15.3 Å². The average Bonchev–Trinajstić information content (AvgIpc) is 2.90. The van der Waals surface area contributed by atoms with Gasteiger partial charge >= 0.3 is 0 Å². The third-order valence-corrected chi connectivity index (χ3v) is 7.52. The molecule has 0 saturated heterocycles. The molecule has 5 N–H and O–H groups in total. The van der Waals surface area contributed by atoms with Crippen molar-refractivity contribution in [2.24, 2.45) is 17.8 Å². The molecule has 1 saturated carbocycles. The van der Waals surface area contributed by atoms with Crippen LogP contribution in [0.3, 0.4) is 0 Å². The number of hydrogen-bond acceptors (Lipinski definition) is 7. The largest absolute Gasteiger partial charge is 0.391 e. The topological polar surface area (TPSA) is 145 Å². The fraction of sp³-hybridized carbons (Fsp3) is 0.448. The van der Waals surface area contributed by atoms with Crippen molar-refractivity contribution in [2.75, 3.05) is 0 Å². The monoisotopic (exact) mass is 520 g/mol. The second kappa shape index (κ2) is 12.0. The van der Waals surface area contributed by atoms with Gasteiger partial charge in [-0.05, 0) is 61.6 Å². The molecule has 1 heterocycles. The van der Waals surface area contributed by atoms with Crippen molar-refractivity contribution < 1.29 is 25.0 Å². The average molecular weight is 521 g/mol. The molecule has 2 amide bonds. The molecule has 1 fully saturated rings. The number of carbonyl (C=O) groups excluding carboxylic acids is 2. The van der Waals surface area contributed by atoms with Gasteiger partial charge in [0.15, 0.2) is 0 Å². The summed E-state index contributed by atoms with van der Waals surface area (Å²) in [6, 6.07) is 15.8. The first kappa shape index (κ1) is 27.6. The summed E-state index contributed by atoms with van der Waals surface area (Å²) in [7, 11) is 0. The first-order chi connectivity index (χ1) is 18.2. The van der Waals surface area contributed by atoms with E-state index in [-0.39, 0.29) is 30.4 Å². The smallest absolute Gasteiger partial charge is 0.271 e. The van der Waals surface area contributed by atoms with Crippen LogP contribution in [0.15, 0.2) is 60.8 Å². The zero-order chi connectivity index (χ0) is 27.3. The Hall–Kier alpha value is -3.40. The molecule has 0 aliphatic heterocycles. The molecule has 1 aromatic heterocycles. The standard InChI is InChI=1S/C29H36N4O5/c1-18-12-19(2)16-29(37,15-18)21(27(35)33-38)14-26(34)24(13-20-8-4-3-5-9-20)32-28(36)25-17-30-22-10-6-7-11-23(22)31-25/h3-11,17-19,21,24,26,34,37-38H,12-16H2,1-2H3,(H,32,36)(H,33,35)/t18?,19?,21-,24+,26+,29?/m1/s1. The van der Waals surface area contributed by atoms with E-state index >= 15 is 0 Å². The van der Waals surface area contributed by atoms with Crippen molar-refractivity contribution in [1.29, 1.82) is 0 Å². The summed E-state index contributed by atoms with van der Waals surface area (Å²) < 4.78 is 0. The Morgan fingerprint density at radius 2 is 1.66 bits per heavy atom. The number of rotatable bonds is 9. The highest BCUT2D eigenvalue weighted by Crippen LogP contribution is 2.42. The molecule has 3 aromatic rings. The van der Waals surface area contributed by atoms with Crippen molar-refractivity contribution in [3.63, 3.8) is 0 Å². The predicted molar refractivity (Wildman–Crippen MR) is 142 cm³/mol. The van der Waals surface area contributed by atoms with Gasteiger partial charge in [-0.3, -0.25) is 19.8 Å². The highest BCUT2D eigenvalue weighted by atomic mass is 16.5. The van der Waals surface area contributed by atoms with Gasteiger partial charge in [-0.25, -0.2) is 10.5 Å². The molecule has 5 atom stereocenters. The van der Waals surface area contributed by atoms with Crippen LogP contribution in [-0.4, -0.2) is 54.9 Å². The van der Waals surface area contributed by atoms with Gasteiger partial charge in [0, 0.05) is 0 Å². The van der Waals surface area contributed by atoms with E-state index in [9.17, 15) is 25.0 Å². The fourth-order valence-corrected chi connectivity index (χ4v) is 5.94. The van der Waals surface area contributed by atoms with Gasteiger partial charge in [-0.15, -0.1) is 0 Å². The number of aliphatic hydroxyl groups is 2. The molecule has 38 heavy (non-hydrogen) atoms. The lowest BCUT2D eigenvalue weighted by Gasteiger charge is -2.44. The zero-order valence-electron chi connectivity index (χ0n) is 21.7. The minimum absolute atomic E-state index is 0.104. The highest BCUT2D eigenvalue weighted by Gasteiger charge is 2.47. The molecule has 1 aliphatic rings. The maximum atomic E-state index is 13.2. The molecule has 2 unspecified atom stereocenters. The number of aromatic nitrogens is 2. The number of carbonyl (C=O) groups is 2. The number of para-hydroxylation sites is 2. The molecule has 1 aliphatic carbocycles. The summed E-state index contributed by atoms with van der Waals surface area (Å²) in [4.78, 5) is 34.7. The van der Waals surface area contributed by atoms with E-state index in [0.29, 0.717) is 23.9 Å². The van der Waals surface area contributed by atoms with Crippen molar-refractivity contribution in [2.45, 2.75) is 63.7 Å². The van der Waals surface area contributed by atoms with E-state index < -0.39 is 35.5 Å². The van der Waals surface area contributed by atoms with E-state index in [0.717, 1.165) is 12.0 Å². The van der Waals surface area contributed by atoms with Gasteiger partial charge in [0.05, 0.1) is 40.9 Å². The Morgan fingerprint density at radius 1 is 1.03 bits per heavy atom. The number of fused-ring (bicyclic) bond motifs is 1. The number of nitrogens with zero attached hydrogens (tertiary/aromatic N) is 2. The second-order valence-corrected chi connectivity index (χ2v) is 10.8. The Labute approximate surface area is 222 Å². The third-order valence-electron chi connectivity index (χ3n) is 7.52. The van der Waals surface area contributed by atoms with Crippen LogP contribution in [0.25, 0.3) is 11.0 Å². The third kappa shape index (κ3) is 6.53. The van der Waals surface area contributed by atoms with E-state index in [1.165, 1.54) is 6.20 Å². The zero-order valence-corrected chi connectivity index (χ0v) is 21.7. The van der Waals surface area contributed by atoms with Crippen molar-refractivity contribution in [1.82, 2.24) is 20.8 Å². The first-order valence-electron chi connectivity index (χ1n) is 13.1. The Kier molecular flexibility index (Phi) is 8.71. The summed E-state index contributed by atoms with van der Waals surface area (Å²) in [5.41, 5.74) is 2.50. The van der Waals surface area contributed by atoms with E-state index in [1.807, 2.05) is 56.3 Å². The Balaban J connectivity index is 1.59. The van der Waals surface area contributed by atoms with Crippen LogP contribution in [0, 0.1) is 17.8 Å². The van der Waals surface area contributed by atoms with Gasteiger partial charge in [-0.2, -0.15) is 0 Å². The Bertz CT molecular complexity index is 1240. The number of hydroxylamine groups is 1. The lowest BCUT2D eigenvalue weighted by molar-refractivity contribution is -0.153. The highest BCUT2D eigenvalue weighted by molar-refractivity contribution is 5.94.